The molecule has 0 saturated heterocycles. The predicted octanol–water partition coefficient (Wildman–Crippen LogP) is 2.98. The molecule has 0 bridgehead atoms. The summed E-state index contributed by atoms with van der Waals surface area (Å²) in [5.41, 5.74) is 0.715. The lowest BCUT2D eigenvalue weighted by atomic mass is 10.0. The van der Waals surface area contributed by atoms with Gasteiger partial charge in [0.2, 0.25) is 0 Å². The molecule has 1 atom stereocenters. The van der Waals surface area contributed by atoms with E-state index in [1.54, 1.807) is 13.1 Å². The largest absolute Gasteiger partial charge is 0.378 e. The van der Waals surface area contributed by atoms with Crippen molar-refractivity contribution in [1.29, 1.82) is 0 Å². The number of hydrogen-bond acceptors (Lipinski definition) is 2. The van der Waals surface area contributed by atoms with Crippen molar-refractivity contribution in [2.24, 2.45) is 10.9 Å². The van der Waals surface area contributed by atoms with Gasteiger partial charge in [-0.15, -0.1) is 0 Å². The summed E-state index contributed by atoms with van der Waals surface area (Å²) in [6.45, 7) is 8.52. The van der Waals surface area contributed by atoms with Crippen molar-refractivity contribution in [3.8, 4) is 0 Å². The average molecular weight is 323 g/mol. The molecular formula is C18H30FN3O. The van der Waals surface area contributed by atoms with Crippen molar-refractivity contribution in [1.82, 2.24) is 10.6 Å². The lowest BCUT2D eigenvalue weighted by molar-refractivity contribution is 0.0258. The van der Waals surface area contributed by atoms with E-state index in [1.807, 2.05) is 19.1 Å². The highest BCUT2D eigenvalue weighted by molar-refractivity contribution is 5.79. The van der Waals surface area contributed by atoms with Crippen LogP contribution in [-0.2, 0) is 11.2 Å². The molecule has 23 heavy (non-hydrogen) atoms. The molecule has 1 unspecified atom stereocenters. The van der Waals surface area contributed by atoms with E-state index >= 15 is 0 Å². The van der Waals surface area contributed by atoms with Gasteiger partial charge >= 0.3 is 0 Å². The summed E-state index contributed by atoms with van der Waals surface area (Å²) in [5.74, 6) is 1.07. The van der Waals surface area contributed by atoms with E-state index in [0.29, 0.717) is 24.4 Å². The smallest absolute Gasteiger partial charge is 0.190 e. The third-order valence-electron chi connectivity index (χ3n) is 3.71. The van der Waals surface area contributed by atoms with Crippen molar-refractivity contribution in [2.45, 2.75) is 39.7 Å². The second kappa shape index (κ2) is 11.0. The molecule has 2 N–H and O–H groups in total. The first-order valence-corrected chi connectivity index (χ1v) is 8.38. The van der Waals surface area contributed by atoms with E-state index in [0.717, 1.165) is 25.5 Å². The summed E-state index contributed by atoms with van der Waals surface area (Å²) < 4.78 is 19.3. The molecule has 4 nitrogen and oxygen atoms in total. The zero-order valence-electron chi connectivity index (χ0n) is 14.7. The van der Waals surface area contributed by atoms with Gasteiger partial charge in [0.25, 0.3) is 0 Å². The number of nitrogens with zero attached hydrogens (tertiary/aromatic N) is 1. The van der Waals surface area contributed by atoms with Crippen molar-refractivity contribution >= 4 is 5.96 Å². The molecule has 0 heterocycles. The van der Waals surface area contributed by atoms with E-state index < -0.39 is 0 Å². The lowest BCUT2D eigenvalue weighted by Crippen LogP contribution is -2.40. The van der Waals surface area contributed by atoms with Crippen LogP contribution in [0.4, 0.5) is 4.39 Å². The monoisotopic (exact) mass is 323 g/mol. The summed E-state index contributed by atoms with van der Waals surface area (Å²) in [7, 11) is 1.74. The number of benzene rings is 1. The Morgan fingerprint density at radius 3 is 2.52 bits per heavy atom. The van der Waals surface area contributed by atoms with E-state index in [4.69, 9.17) is 4.74 Å². The first-order valence-electron chi connectivity index (χ1n) is 8.38. The van der Waals surface area contributed by atoms with Gasteiger partial charge in [-0.05, 0) is 37.3 Å². The zero-order valence-corrected chi connectivity index (χ0v) is 14.7. The zero-order chi connectivity index (χ0) is 17.1. The van der Waals surface area contributed by atoms with Gasteiger partial charge in [-0.1, -0.05) is 32.0 Å². The minimum atomic E-state index is -0.159. The maximum atomic E-state index is 13.5. The summed E-state index contributed by atoms with van der Waals surface area (Å²) in [6.07, 6.45) is 1.81. The normalized spacial score (nSPS) is 13.2. The molecule has 5 heteroatoms. The van der Waals surface area contributed by atoms with Gasteiger partial charge in [-0.3, -0.25) is 4.99 Å². The van der Waals surface area contributed by atoms with Crippen LogP contribution >= 0.6 is 0 Å². The number of guanidine groups is 1. The summed E-state index contributed by atoms with van der Waals surface area (Å²) in [4.78, 5) is 4.19. The van der Waals surface area contributed by atoms with Crippen molar-refractivity contribution in [2.75, 3.05) is 26.7 Å². The fourth-order valence-corrected chi connectivity index (χ4v) is 2.39. The molecule has 0 aliphatic heterocycles. The van der Waals surface area contributed by atoms with Gasteiger partial charge in [0.05, 0.1) is 6.10 Å². The number of nitrogens with one attached hydrogen (secondary N) is 2. The molecular weight excluding hydrogens is 293 g/mol. The van der Waals surface area contributed by atoms with Crippen LogP contribution in [0.1, 0.15) is 32.8 Å². The van der Waals surface area contributed by atoms with Crippen LogP contribution in [0.25, 0.3) is 0 Å². The number of aliphatic imine (C=N–C) groups is 1. The second-order valence-corrected chi connectivity index (χ2v) is 5.79. The fourth-order valence-electron chi connectivity index (χ4n) is 2.39. The second-order valence-electron chi connectivity index (χ2n) is 5.79. The van der Waals surface area contributed by atoms with Gasteiger partial charge in [-0.2, -0.15) is 0 Å². The average Bonchev–Trinajstić information content (AvgIpc) is 2.54. The van der Waals surface area contributed by atoms with Crippen molar-refractivity contribution in [3.05, 3.63) is 35.6 Å². The Balaban J connectivity index is 2.31. The first-order chi connectivity index (χ1) is 11.1. The summed E-state index contributed by atoms with van der Waals surface area (Å²) in [5, 5.41) is 6.49. The van der Waals surface area contributed by atoms with Crippen LogP contribution in [0.3, 0.4) is 0 Å². The number of hydrogen-bond donors (Lipinski definition) is 2. The van der Waals surface area contributed by atoms with Gasteiger partial charge in [0.1, 0.15) is 5.82 Å². The quantitative estimate of drug-likeness (QED) is 0.542. The van der Waals surface area contributed by atoms with Crippen molar-refractivity contribution in [3.63, 3.8) is 0 Å². The van der Waals surface area contributed by atoms with Gasteiger partial charge < -0.3 is 15.4 Å². The molecule has 0 aliphatic rings. The lowest BCUT2D eigenvalue weighted by Gasteiger charge is -2.21. The van der Waals surface area contributed by atoms with Gasteiger partial charge in [0.15, 0.2) is 5.96 Å². The van der Waals surface area contributed by atoms with Crippen LogP contribution in [-0.4, -0.2) is 38.8 Å². The number of rotatable bonds is 9. The third-order valence-corrected chi connectivity index (χ3v) is 3.71. The van der Waals surface area contributed by atoms with Crippen molar-refractivity contribution < 1.29 is 9.13 Å². The highest BCUT2D eigenvalue weighted by atomic mass is 19.1. The van der Waals surface area contributed by atoms with E-state index in [9.17, 15) is 4.39 Å². The topological polar surface area (TPSA) is 45.6 Å². The Morgan fingerprint density at radius 1 is 1.22 bits per heavy atom. The van der Waals surface area contributed by atoms with Crippen LogP contribution in [0.15, 0.2) is 29.3 Å². The SMILES string of the molecule is CCOC(CCNC(=NC)NCCc1ccccc1F)C(C)C. The standard InChI is InChI=1S/C18H30FN3O/c1-5-23-17(14(2)3)11-13-22-18(20-4)21-12-10-15-8-6-7-9-16(15)19/h6-9,14,17H,5,10-13H2,1-4H3,(H2,20,21,22). The Bertz CT molecular complexity index is 477. The molecule has 130 valence electrons. The van der Waals surface area contributed by atoms with Crippen LogP contribution in [0, 0.1) is 11.7 Å². The molecule has 1 rings (SSSR count). The minimum Gasteiger partial charge on any atom is -0.378 e. The third kappa shape index (κ3) is 7.46. The molecule has 0 aromatic heterocycles. The maximum Gasteiger partial charge on any atom is 0.190 e. The highest BCUT2D eigenvalue weighted by Gasteiger charge is 2.12. The minimum absolute atomic E-state index is 0.159. The summed E-state index contributed by atoms with van der Waals surface area (Å²) >= 11 is 0. The molecule has 0 radical (unpaired) electrons. The van der Waals surface area contributed by atoms with Crippen LogP contribution in [0.5, 0.6) is 0 Å². The first kappa shape index (κ1) is 19.4. The summed E-state index contributed by atoms with van der Waals surface area (Å²) in [6, 6.07) is 6.85. The molecule has 1 aromatic carbocycles. The molecule has 1 aromatic rings. The molecule has 0 fully saturated rings. The van der Waals surface area contributed by atoms with E-state index in [-0.39, 0.29) is 11.9 Å². The Morgan fingerprint density at radius 2 is 1.91 bits per heavy atom. The molecule has 0 spiro atoms. The number of ether oxygens (including phenoxy) is 1. The molecule has 0 aliphatic carbocycles. The van der Waals surface area contributed by atoms with Crippen LogP contribution < -0.4 is 10.6 Å². The Labute approximate surface area is 139 Å². The van der Waals surface area contributed by atoms with E-state index in [1.165, 1.54) is 6.07 Å². The maximum absolute atomic E-state index is 13.5. The predicted molar refractivity (Wildman–Crippen MR) is 94.3 cm³/mol. The van der Waals surface area contributed by atoms with Gasteiger partial charge in [0, 0.05) is 26.7 Å². The molecule has 0 amide bonds. The Hall–Kier alpha value is -1.62. The number of halogens is 1. The Kier molecular flexibility index (Phi) is 9.29. The molecule has 0 saturated carbocycles. The van der Waals surface area contributed by atoms with E-state index in [2.05, 4.69) is 29.5 Å². The van der Waals surface area contributed by atoms with Crippen LogP contribution in [0.2, 0.25) is 0 Å². The fraction of sp³-hybridized carbons (Fsp3) is 0.611. The highest BCUT2D eigenvalue weighted by Crippen LogP contribution is 2.10. The van der Waals surface area contributed by atoms with Gasteiger partial charge in [-0.25, -0.2) is 4.39 Å².